The van der Waals surface area contributed by atoms with Crippen molar-refractivity contribution < 1.29 is 33.3 Å². The lowest BCUT2D eigenvalue weighted by molar-refractivity contribution is -0.141. The molecule has 2 unspecified atom stereocenters. The first-order valence-corrected chi connectivity index (χ1v) is 31.4. The molecule has 1 fully saturated rings. The van der Waals surface area contributed by atoms with Gasteiger partial charge in [-0.05, 0) is 83.7 Å². The largest absolute Gasteiger partial charge is 0.492 e. The van der Waals surface area contributed by atoms with Crippen molar-refractivity contribution in [1.82, 2.24) is 0 Å². The van der Waals surface area contributed by atoms with Crippen LogP contribution in [0.1, 0.15) is 210 Å². The second-order valence-corrected chi connectivity index (χ2v) is 24.4. The zero-order valence-electron chi connectivity index (χ0n) is 45.1. The van der Waals surface area contributed by atoms with Gasteiger partial charge in [0.15, 0.2) is 0 Å². The number of hydrogen-bond donors (Lipinski definition) is 0. The molecule has 0 saturated carbocycles. The number of fused-ring (bicyclic) bond motifs is 9. The Morgan fingerprint density at radius 3 is 1.44 bits per heavy atom. The monoisotopic (exact) mass is 1050 g/mol. The maximum absolute atomic E-state index is 11.5. The Labute approximate surface area is 452 Å². The number of ether oxygens (including phenoxy) is 5. The van der Waals surface area contributed by atoms with Gasteiger partial charge in [-0.25, -0.2) is 0 Å². The van der Waals surface area contributed by atoms with E-state index in [1.807, 2.05) is 23.5 Å². The van der Waals surface area contributed by atoms with Gasteiger partial charge in [-0.3, -0.25) is 9.59 Å². The highest BCUT2D eigenvalue weighted by molar-refractivity contribution is 8.09. The minimum atomic E-state index is -0.331. The van der Waals surface area contributed by atoms with Crippen LogP contribution in [0.5, 0.6) is 17.2 Å². The molecule has 10 heteroatoms. The summed E-state index contributed by atoms with van der Waals surface area (Å²) in [6, 6.07) is 25.1. The first-order chi connectivity index (χ1) is 35.9. The summed E-state index contributed by atoms with van der Waals surface area (Å²) in [6.07, 6.45) is 32.1. The molecule has 7 rings (SSSR count). The number of rotatable bonds is 36. The summed E-state index contributed by atoms with van der Waals surface area (Å²) in [5.74, 6) is 4.23. The number of methoxy groups -OCH3 is 2. The molecule has 2 spiro atoms. The number of thioether (sulfide) groups is 2. The van der Waals surface area contributed by atoms with Crippen molar-refractivity contribution in [1.29, 1.82) is 0 Å². The first kappa shape index (κ1) is 57.2. The lowest BCUT2D eigenvalue weighted by Gasteiger charge is -2.39. The Morgan fingerprint density at radius 2 is 0.959 bits per heavy atom. The molecule has 4 aromatic carbocycles. The molecule has 0 amide bonds. The second kappa shape index (κ2) is 30.3. The Kier molecular flexibility index (Phi) is 23.8. The molecule has 0 bridgehead atoms. The maximum atomic E-state index is 11.5. The molecule has 0 aliphatic carbocycles. The number of carbonyl (C=O) groups excluding carboxylic acids is 2. The first-order valence-electron chi connectivity index (χ1n) is 28.8. The molecule has 2 atom stereocenters. The van der Waals surface area contributed by atoms with E-state index < -0.39 is 0 Å². The lowest BCUT2D eigenvalue weighted by atomic mass is 9.70. The molecule has 0 radical (unpaired) electrons. The average molecular weight is 1050 g/mol. The van der Waals surface area contributed by atoms with Crippen LogP contribution in [0.4, 0.5) is 0 Å². The van der Waals surface area contributed by atoms with Crippen LogP contribution in [0, 0.1) is 5.92 Å². The summed E-state index contributed by atoms with van der Waals surface area (Å²) in [5, 5.41) is 2.60. The van der Waals surface area contributed by atoms with E-state index in [-0.39, 0.29) is 21.4 Å². The summed E-state index contributed by atoms with van der Waals surface area (Å²) in [4.78, 5) is 26.7. The van der Waals surface area contributed by atoms with E-state index in [2.05, 4.69) is 92.3 Å². The Morgan fingerprint density at radius 1 is 0.521 bits per heavy atom. The quantitative estimate of drug-likeness (QED) is 0.0250. The van der Waals surface area contributed by atoms with Gasteiger partial charge in [-0.15, -0.1) is 23.5 Å². The van der Waals surface area contributed by atoms with Gasteiger partial charge in [0.1, 0.15) is 17.2 Å². The summed E-state index contributed by atoms with van der Waals surface area (Å²) < 4.78 is 29.7. The third-order valence-electron chi connectivity index (χ3n) is 15.5. The Bertz CT molecular complexity index is 2240. The summed E-state index contributed by atoms with van der Waals surface area (Å²) in [5.41, 5.74) is 4.19. The van der Waals surface area contributed by atoms with Gasteiger partial charge in [0, 0.05) is 18.6 Å². The van der Waals surface area contributed by atoms with E-state index in [1.54, 1.807) is 0 Å². The maximum Gasteiger partial charge on any atom is 0.305 e. The number of carbonyl (C=O) groups is 2. The van der Waals surface area contributed by atoms with E-state index in [4.69, 9.17) is 23.7 Å². The normalized spacial score (nSPS) is 17.0. The molecule has 0 N–H and O–H groups in total. The van der Waals surface area contributed by atoms with Crippen LogP contribution in [-0.4, -0.2) is 51.7 Å². The van der Waals surface area contributed by atoms with E-state index in [1.165, 1.54) is 166 Å². The van der Waals surface area contributed by atoms with Crippen LogP contribution >= 0.6 is 35.3 Å². The van der Waals surface area contributed by atoms with E-state index in [9.17, 15) is 9.59 Å². The molecule has 73 heavy (non-hydrogen) atoms. The molecular weight excluding hydrogens is 965 g/mol. The van der Waals surface area contributed by atoms with Crippen molar-refractivity contribution in [2.75, 3.05) is 39.8 Å². The smallest absolute Gasteiger partial charge is 0.305 e. The average Bonchev–Trinajstić information content (AvgIpc) is 4.09. The highest BCUT2D eigenvalue weighted by atomic mass is 32.2. The molecule has 400 valence electrons. The van der Waals surface area contributed by atoms with Gasteiger partial charge in [-0.2, -0.15) is 0 Å². The van der Waals surface area contributed by atoms with Crippen molar-refractivity contribution >= 4 is 58.0 Å². The third kappa shape index (κ3) is 14.9. The molecule has 3 heterocycles. The predicted molar refractivity (Wildman–Crippen MR) is 306 cm³/mol. The zero-order valence-corrected chi connectivity index (χ0v) is 47.6. The summed E-state index contributed by atoms with van der Waals surface area (Å²) in [6.45, 7) is 6.93. The van der Waals surface area contributed by atoms with Crippen LogP contribution < -0.4 is 14.2 Å². The fourth-order valence-corrected chi connectivity index (χ4v) is 16.4. The molecule has 3 aliphatic heterocycles. The van der Waals surface area contributed by atoms with Gasteiger partial charge in [0.25, 0.3) is 0 Å². The Hall–Kier alpha value is -3.47. The van der Waals surface area contributed by atoms with Gasteiger partial charge >= 0.3 is 11.9 Å². The fraction of sp³-hybridized carbons (Fsp3) is 0.619. The van der Waals surface area contributed by atoms with Crippen molar-refractivity contribution in [2.24, 2.45) is 5.92 Å². The van der Waals surface area contributed by atoms with Crippen molar-refractivity contribution in [3.8, 4) is 17.2 Å². The summed E-state index contributed by atoms with van der Waals surface area (Å²) in [7, 11) is 2.94. The molecule has 7 nitrogen and oxygen atoms in total. The van der Waals surface area contributed by atoms with Gasteiger partial charge in [0.05, 0.1) is 58.2 Å². The zero-order chi connectivity index (χ0) is 51.1. The molecule has 0 aromatic heterocycles. The van der Waals surface area contributed by atoms with E-state index in [0.29, 0.717) is 32.0 Å². The van der Waals surface area contributed by atoms with Crippen LogP contribution in [0.25, 0.3) is 10.8 Å². The van der Waals surface area contributed by atoms with E-state index >= 15 is 0 Å². The minimum absolute atomic E-state index is 0.104. The number of unbranched alkanes of at least 4 members (excludes halogenated alkanes) is 23. The highest BCUT2D eigenvalue weighted by Crippen LogP contribution is 2.86. The topological polar surface area (TPSA) is 80.3 Å². The number of esters is 2. The summed E-state index contributed by atoms with van der Waals surface area (Å²) >= 11 is 6.02. The molecule has 4 aromatic rings. The van der Waals surface area contributed by atoms with Crippen LogP contribution in [0.15, 0.2) is 81.4 Å². The lowest BCUT2D eigenvalue weighted by Crippen LogP contribution is -2.36. The van der Waals surface area contributed by atoms with Crippen LogP contribution in [0.2, 0.25) is 0 Å². The van der Waals surface area contributed by atoms with Crippen molar-refractivity contribution in [3.63, 3.8) is 0 Å². The fourth-order valence-electron chi connectivity index (χ4n) is 11.4. The third-order valence-corrected chi connectivity index (χ3v) is 20.2. The van der Waals surface area contributed by atoms with Crippen molar-refractivity contribution in [3.05, 3.63) is 83.4 Å². The second-order valence-electron chi connectivity index (χ2n) is 20.9. The van der Waals surface area contributed by atoms with Crippen LogP contribution in [-0.2, 0) is 28.6 Å². The van der Waals surface area contributed by atoms with Gasteiger partial charge < -0.3 is 23.7 Å². The number of benzene rings is 4. The van der Waals surface area contributed by atoms with Crippen molar-refractivity contribution in [2.45, 2.75) is 218 Å². The highest BCUT2D eigenvalue weighted by Gasteiger charge is 2.77. The van der Waals surface area contributed by atoms with Crippen LogP contribution in [0.3, 0.4) is 0 Å². The minimum Gasteiger partial charge on any atom is -0.492 e. The standard InChI is InChI=1S/C63H88O7S3/c1-5-6-7-8-9-10-13-18-25-32-45-70-55-46-49-35-28-29-36-50(49)58-61(55)71-47-48(2)62(58)63(73-62)51-37-33-39-53(68-43-30-23-19-14-11-16-21-26-41-56(64)66-3)59(51)72-60-52(63)38-34-40-54(60)69-44-31-24-20-15-12-17-22-27-42-57(65)67-4/h28-29,33-40,46,48H,5-27,30-32,41-45,47H2,1-4H3. The Balaban J connectivity index is 1.08. The molecule has 3 aliphatic rings. The van der Waals surface area contributed by atoms with Gasteiger partial charge in [-0.1, -0.05) is 209 Å². The molecular formula is C63H88O7S3. The van der Waals surface area contributed by atoms with Gasteiger partial charge in [0.2, 0.25) is 0 Å². The van der Waals surface area contributed by atoms with E-state index in [0.717, 1.165) is 87.4 Å². The SMILES string of the molecule is CCCCCCCCCCCCOc1cc2ccccc2c2c1SCC(C)C21SC12c1cccc(OCCCCCCCCCCC(=O)OC)c1Sc1c(OCCCCCCCCCCC(=O)OC)cccc12. The predicted octanol–water partition coefficient (Wildman–Crippen LogP) is 18.4. The number of hydrogen-bond acceptors (Lipinski definition) is 10. The molecule has 1 saturated heterocycles.